The van der Waals surface area contributed by atoms with Crippen LogP contribution in [0.4, 0.5) is 0 Å². The molecule has 1 N–H and O–H groups in total. The third kappa shape index (κ3) is 2.50. The highest BCUT2D eigenvalue weighted by Crippen LogP contribution is 2.22. The SMILES string of the molecule is Cc1nccc(C(O)c2ccc(C)c(C)c2)n1. The Hall–Kier alpha value is -1.74. The minimum Gasteiger partial charge on any atom is -0.382 e. The predicted octanol–water partition coefficient (Wildman–Crippen LogP) is 2.48. The number of benzene rings is 1. The van der Waals surface area contributed by atoms with Gasteiger partial charge in [-0.25, -0.2) is 9.97 Å². The van der Waals surface area contributed by atoms with E-state index in [0.717, 1.165) is 5.56 Å². The Balaban J connectivity index is 2.36. The molecular weight excluding hydrogens is 212 g/mol. The fraction of sp³-hybridized carbons (Fsp3) is 0.286. The van der Waals surface area contributed by atoms with Gasteiger partial charge in [-0.1, -0.05) is 18.2 Å². The average Bonchev–Trinajstić information content (AvgIpc) is 2.32. The minimum atomic E-state index is -0.684. The molecule has 3 nitrogen and oxygen atoms in total. The molecule has 2 rings (SSSR count). The molecule has 0 amide bonds. The van der Waals surface area contributed by atoms with Crippen molar-refractivity contribution in [3.8, 4) is 0 Å². The first-order valence-electron chi connectivity index (χ1n) is 5.62. The van der Waals surface area contributed by atoms with Crippen LogP contribution in [0.5, 0.6) is 0 Å². The molecule has 0 fully saturated rings. The Morgan fingerprint density at radius 3 is 2.47 bits per heavy atom. The highest BCUT2D eigenvalue weighted by atomic mass is 16.3. The van der Waals surface area contributed by atoms with Crippen LogP contribution in [0.25, 0.3) is 0 Å². The minimum absolute atomic E-state index is 0.640. The Morgan fingerprint density at radius 2 is 1.82 bits per heavy atom. The number of aliphatic hydroxyl groups excluding tert-OH is 1. The standard InChI is InChI=1S/C14H16N2O/c1-9-4-5-12(8-10(9)2)14(17)13-6-7-15-11(3)16-13/h4-8,14,17H,1-3H3. The van der Waals surface area contributed by atoms with Crippen molar-refractivity contribution in [3.05, 3.63) is 58.7 Å². The second kappa shape index (κ2) is 4.63. The molecule has 1 aromatic carbocycles. The molecule has 0 saturated heterocycles. The third-order valence-corrected chi connectivity index (χ3v) is 2.92. The van der Waals surface area contributed by atoms with E-state index in [1.807, 2.05) is 32.0 Å². The second-order valence-corrected chi connectivity index (χ2v) is 4.27. The zero-order valence-corrected chi connectivity index (χ0v) is 10.3. The highest BCUT2D eigenvalue weighted by molar-refractivity contribution is 5.33. The summed E-state index contributed by atoms with van der Waals surface area (Å²) >= 11 is 0. The van der Waals surface area contributed by atoms with Gasteiger partial charge in [0.1, 0.15) is 11.9 Å². The van der Waals surface area contributed by atoms with E-state index < -0.39 is 6.10 Å². The van der Waals surface area contributed by atoms with Gasteiger partial charge in [0.25, 0.3) is 0 Å². The van der Waals surface area contributed by atoms with Gasteiger partial charge in [0.2, 0.25) is 0 Å². The van der Waals surface area contributed by atoms with Crippen LogP contribution in [0.15, 0.2) is 30.5 Å². The number of rotatable bonds is 2. The van der Waals surface area contributed by atoms with E-state index in [4.69, 9.17) is 0 Å². The summed E-state index contributed by atoms with van der Waals surface area (Å²) in [5, 5.41) is 10.2. The van der Waals surface area contributed by atoms with Crippen LogP contribution in [-0.2, 0) is 0 Å². The molecule has 1 atom stereocenters. The molecule has 88 valence electrons. The number of aliphatic hydroxyl groups is 1. The van der Waals surface area contributed by atoms with E-state index >= 15 is 0 Å². The van der Waals surface area contributed by atoms with Crippen molar-refractivity contribution >= 4 is 0 Å². The van der Waals surface area contributed by atoms with Crippen molar-refractivity contribution < 1.29 is 5.11 Å². The zero-order chi connectivity index (χ0) is 12.4. The molecule has 1 heterocycles. The summed E-state index contributed by atoms with van der Waals surface area (Å²) in [6.45, 7) is 5.91. The van der Waals surface area contributed by atoms with Crippen molar-refractivity contribution in [2.24, 2.45) is 0 Å². The Bertz CT molecular complexity index is 537. The first-order chi connectivity index (χ1) is 8.08. The summed E-state index contributed by atoms with van der Waals surface area (Å²) < 4.78 is 0. The van der Waals surface area contributed by atoms with Crippen LogP contribution in [0, 0.1) is 20.8 Å². The number of nitrogens with zero attached hydrogens (tertiary/aromatic N) is 2. The highest BCUT2D eigenvalue weighted by Gasteiger charge is 2.12. The molecular formula is C14H16N2O. The van der Waals surface area contributed by atoms with Gasteiger partial charge >= 0.3 is 0 Å². The topological polar surface area (TPSA) is 46.0 Å². The fourth-order valence-electron chi connectivity index (χ4n) is 1.73. The lowest BCUT2D eigenvalue weighted by atomic mass is 10.0. The average molecular weight is 228 g/mol. The molecule has 1 unspecified atom stereocenters. The Morgan fingerprint density at radius 1 is 1.06 bits per heavy atom. The first kappa shape index (κ1) is 11.7. The quantitative estimate of drug-likeness (QED) is 0.859. The lowest BCUT2D eigenvalue weighted by Gasteiger charge is -2.12. The van der Waals surface area contributed by atoms with Gasteiger partial charge in [-0.2, -0.15) is 0 Å². The summed E-state index contributed by atoms with van der Waals surface area (Å²) in [6.07, 6.45) is 0.984. The number of aryl methyl sites for hydroxylation is 3. The number of hydrogen-bond acceptors (Lipinski definition) is 3. The summed E-state index contributed by atoms with van der Waals surface area (Å²) in [7, 11) is 0. The van der Waals surface area contributed by atoms with E-state index in [0.29, 0.717) is 11.5 Å². The predicted molar refractivity (Wildman–Crippen MR) is 66.7 cm³/mol. The van der Waals surface area contributed by atoms with Crippen LogP contribution in [0.1, 0.15) is 34.3 Å². The van der Waals surface area contributed by atoms with E-state index in [1.54, 1.807) is 12.3 Å². The fourth-order valence-corrected chi connectivity index (χ4v) is 1.73. The van der Waals surface area contributed by atoms with Crippen molar-refractivity contribution in [2.75, 3.05) is 0 Å². The van der Waals surface area contributed by atoms with Crippen LogP contribution >= 0.6 is 0 Å². The molecule has 0 radical (unpaired) electrons. The van der Waals surface area contributed by atoms with Crippen LogP contribution in [0.2, 0.25) is 0 Å². The molecule has 3 heteroatoms. The summed E-state index contributed by atoms with van der Waals surface area (Å²) in [5.74, 6) is 0.672. The van der Waals surface area contributed by atoms with Gasteiger partial charge < -0.3 is 5.11 Å². The second-order valence-electron chi connectivity index (χ2n) is 4.27. The molecule has 1 aromatic heterocycles. The number of hydrogen-bond donors (Lipinski definition) is 1. The maximum atomic E-state index is 10.2. The summed E-state index contributed by atoms with van der Waals surface area (Å²) in [4.78, 5) is 8.27. The van der Waals surface area contributed by atoms with Crippen LogP contribution in [-0.4, -0.2) is 15.1 Å². The third-order valence-electron chi connectivity index (χ3n) is 2.92. The van der Waals surface area contributed by atoms with Crippen LogP contribution in [0.3, 0.4) is 0 Å². The van der Waals surface area contributed by atoms with Gasteiger partial charge in [-0.15, -0.1) is 0 Å². The van der Waals surface area contributed by atoms with Gasteiger partial charge in [0.05, 0.1) is 5.69 Å². The zero-order valence-electron chi connectivity index (χ0n) is 10.3. The van der Waals surface area contributed by atoms with E-state index in [9.17, 15) is 5.11 Å². The molecule has 0 saturated carbocycles. The summed E-state index contributed by atoms with van der Waals surface area (Å²) in [6, 6.07) is 7.69. The smallest absolute Gasteiger partial charge is 0.125 e. The lowest BCUT2D eigenvalue weighted by Crippen LogP contribution is -2.04. The van der Waals surface area contributed by atoms with Crippen molar-refractivity contribution in [2.45, 2.75) is 26.9 Å². The summed E-state index contributed by atoms with van der Waals surface area (Å²) in [5.41, 5.74) is 3.90. The monoisotopic (exact) mass is 228 g/mol. The van der Waals surface area contributed by atoms with Gasteiger partial charge in [0, 0.05) is 6.20 Å². The van der Waals surface area contributed by atoms with Crippen molar-refractivity contribution in [1.82, 2.24) is 9.97 Å². The Labute approximate surface area is 101 Å². The molecule has 0 aliphatic rings. The Kier molecular flexibility index (Phi) is 3.20. The van der Waals surface area contributed by atoms with Crippen molar-refractivity contribution in [1.29, 1.82) is 0 Å². The van der Waals surface area contributed by atoms with Gasteiger partial charge in [-0.05, 0) is 43.5 Å². The van der Waals surface area contributed by atoms with E-state index in [2.05, 4.69) is 16.9 Å². The largest absolute Gasteiger partial charge is 0.382 e. The van der Waals surface area contributed by atoms with E-state index in [1.165, 1.54) is 11.1 Å². The first-order valence-corrected chi connectivity index (χ1v) is 5.62. The lowest BCUT2D eigenvalue weighted by molar-refractivity contribution is 0.215. The molecule has 0 bridgehead atoms. The number of aromatic nitrogens is 2. The van der Waals surface area contributed by atoms with Gasteiger partial charge in [-0.3, -0.25) is 0 Å². The maximum absolute atomic E-state index is 10.2. The molecule has 0 aliphatic heterocycles. The van der Waals surface area contributed by atoms with Gasteiger partial charge in [0.15, 0.2) is 0 Å². The molecule has 17 heavy (non-hydrogen) atoms. The van der Waals surface area contributed by atoms with Crippen LogP contribution < -0.4 is 0 Å². The van der Waals surface area contributed by atoms with E-state index in [-0.39, 0.29) is 0 Å². The molecule has 2 aromatic rings. The van der Waals surface area contributed by atoms with Crippen molar-refractivity contribution in [3.63, 3.8) is 0 Å². The molecule has 0 aliphatic carbocycles. The maximum Gasteiger partial charge on any atom is 0.125 e. The normalized spacial score (nSPS) is 12.5. The molecule has 0 spiro atoms.